The Morgan fingerprint density at radius 2 is 0.742 bits per heavy atom. The maximum atomic E-state index is 12.1. The molecule has 132 heavy (non-hydrogen) atoms. The number of nitrogens with two attached hydrogens (primary N) is 2. The first kappa shape index (κ1) is 111. The number of likely N-dealkylation sites (tertiary alicyclic amines) is 5. The van der Waals surface area contributed by atoms with Gasteiger partial charge in [-0.2, -0.15) is 0 Å². The first-order valence-electron chi connectivity index (χ1n) is 48.5. The number of carbonyl (C=O) groups excluding carboxylic acids is 4. The highest BCUT2D eigenvalue weighted by atomic mass is 32.2. The molecular weight excluding hydrogens is 1690 g/mol. The number of ether oxygens (including phenoxy) is 7. The zero-order chi connectivity index (χ0) is 97.1. The number of rotatable bonds is 24. The summed E-state index contributed by atoms with van der Waals surface area (Å²) in [6.07, 6.45) is 11.6. The number of carbonyl (C=O) groups is 4. The summed E-state index contributed by atoms with van der Waals surface area (Å²) in [6.45, 7) is 52.5. The lowest BCUT2D eigenvalue weighted by molar-refractivity contribution is 0.0437. The Balaban J connectivity index is 0.000000218. The molecule has 0 bridgehead atoms. The van der Waals surface area contributed by atoms with Crippen molar-refractivity contribution >= 4 is 45.6 Å². The van der Waals surface area contributed by atoms with Gasteiger partial charge in [0.25, 0.3) is 0 Å². The molecule has 12 rings (SSSR count). The van der Waals surface area contributed by atoms with Crippen LogP contribution in [0.2, 0.25) is 0 Å². The lowest BCUT2D eigenvalue weighted by Gasteiger charge is -2.37. The van der Waals surface area contributed by atoms with Gasteiger partial charge in [-0.3, -0.25) is 9.80 Å². The van der Waals surface area contributed by atoms with E-state index in [0.29, 0.717) is 29.7 Å². The van der Waals surface area contributed by atoms with E-state index in [9.17, 15) is 27.6 Å². The van der Waals surface area contributed by atoms with Gasteiger partial charge in [0.1, 0.15) is 49.5 Å². The SMILES string of the molecule is COc1cccc(CCN2C[C@@H](C)C[C@@H](N)C2)c1.COc1cccc(CCN2C[C@@H](C)C[C@@H](NC(=O)OC(C)(C)C)C2)c1.COc1cccc(CCN2C[C@@H](N)C[C@@H](CS(C)(=O)=O)C2)c1.C[C@@H]1CNC[C@H](NC(=O)OC(C)(C)C)C1.C[C@H]1C[C@@H](NC(=O)OC(C)(C)C)CN(Cc2ccc(N(C)C)cc2)C1.C[C@H]1C[C@@H](NC(=O)OC(C)(C)C)CN(Cc2ccc(N3CCCC3)cc2)C1. The maximum Gasteiger partial charge on any atom is 0.407 e. The van der Waals surface area contributed by atoms with E-state index >= 15 is 0 Å². The zero-order valence-corrected chi connectivity index (χ0v) is 85.7. The number of nitrogens with zero attached hydrogens (tertiary/aromatic N) is 7. The molecule has 5 aromatic carbocycles. The molecule has 0 saturated carbocycles. The summed E-state index contributed by atoms with van der Waals surface area (Å²) in [5, 5.41) is 15.3. The molecule has 9 N–H and O–H groups in total. The fourth-order valence-electron chi connectivity index (χ4n) is 18.6. The number of sulfone groups is 1. The van der Waals surface area contributed by atoms with Gasteiger partial charge in [-0.05, 0) is 284 Å². The van der Waals surface area contributed by atoms with Gasteiger partial charge in [0.05, 0.1) is 27.1 Å². The molecule has 7 aliphatic heterocycles. The number of alkyl carbamates (subject to hydrolysis) is 4. The highest BCUT2D eigenvalue weighted by Crippen LogP contribution is 2.29. The summed E-state index contributed by atoms with van der Waals surface area (Å²) >= 11 is 0. The van der Waals surface area contributed by atoms with E-state index in [0.717, 1.165) is 186 Å². The number of amides is 4. The Bertz CT molecular complexity index is 4310. The summed E-state index contributed by atoms with van der Waals surface area (Å²) in [5.74, 6) is 6.07. The largest absolute Gasteiger partial charge is 0.497 e. The molecule has 4 amide bonds. The van der Waals surface area contributed by atoms with Crippen LogP contribution in [0.3, 0.4) is 0 Å². The average Bonchev–Trinajstić information content (AvgIpc) is 1.60. The lowest BCUT2D eigenvalue weighted by atomic mass is 9.95. The second-order valence-corrected chi connectivity index (χ2v) is 45.0. The van der Waals surface area contributed by atoms with Crippen LogP contribution in [0, 0.1) is 35.5 Å². The highest BCUT2D eigenvalue weighted by Gasteiger charge is 2.34. The van der Waals surface area contributed by atoms with E-state index in [1.54, 1.807) is 21.3 Å². The van der Waals surface area contributed by atoms with Crippen LogP contribution in [0.25, 0.3) is 0 Å². The summed E-state index contributed by atoms with van der Waals surface area (Å²) in [4.78, 5) is 64.3. The van der Waals surface area contributed by atoms with Crippen molar-refractivity contribution in [1.29, 1.82) is 0 Å². The van der Waals surface area contributed by atoms with Crippen LogP contribution in [0.15, 0.2) is 121 Å². The molecule has 0 spiro atoms. The first-order chi connectivity index (χ1) is 62.0. The second kappa shape index (κ2) is 53.9. The van der Waals surface area contributed by atoms with Crippen LogP contribution in [0.5, 0.6) is 17.2 Å². The summed E-state index contributed by atoms with van der Waals surface area (Å²) in [6, 6.07) is 43.3. The van der Waals surface area contributed by atoms with E-state index < -0.39 is 32.2 Å². The molecule has 0 radical (unpaired) electrons. The van der Waals surface area contributed by atoms with Crippen LogP contribution in [0.4, 0.5) is 30.6 Å². The Labute approximate surface area is 794 Å². The van der Waals surface area contributed by atoms with Gasteiger partial charge in [0, 0.05) is 186 Å². The van der Waals surface area contributed by atoms with Gasteiger partial charge in [-0.1, -0.05) is 95.3 Å². The van der Waals surface area contributed by atoms with E-state index in [1.807, 2.05) is 134 Å². The van der Waals surface area contributed by atoms with Crippen molar-refractivity contribution in [3.63, 3.8) is 0 Å². The van der Waals surface area contributed by atoms with Crippen molar-refractivity contribution in [2.24, 2.45) is 47.0 Å². The second-order valence-electron chi connectivity index (χ2n) is 42.8. The zero-order valence-electron chi connectivity index (χ0n) is 84.9. The number of nitrogens with one attached hydrogen (secondary N) is 5. The van der Waals surface area contributed by atoms with Gasteiger partial charge in [-0.15, -0.1) is 0 Å². The van der Waals surface area contributed by atoms with Gasteiger partial charge < -0.3 is 95.7 Å². The minimum absolute atomic E-state index is 0.0609. The molecule has 12 atom stereocenters. The molecule has 28 heteroatoms. The van der Waals surface area contributed by atoms with Gasteiger partial charge in [0.15, 0.2) is 0 Å². The summed E-state index contributed by atoms with van der Waals surface area (Å²) < 4.78 is 60.1. The molecule has 0 aromatic heterocycles. The Morgan fingerprint density at radius 1 is 0.409 bits per heavy atom. The van der Waals surface area contributed by atoms with Gasteiger partial charge in [-0.25, -0.2) is 27.6 Å². The molecule has 0 unspecified atom stereocenters. The molecule has 0 aliphatic carbocycles. The minimum Gasteiger partial charge on any atom is -0.497 e. The normalized spacial score (nSPS) is 23.5. The van der Waals surface area contributed by atoms with Crippen LogP contribution >= 0.6 is 0 Å². The quantitative estimate of drug-likeness (QED) is 0.0282. The monoisotopic (exact) mass is 1860 g/mol. The number of piperidine rings is 6. The molecule has 5 aromatic rings. The maximum absolute atomic E-state index is 12.1. The molecule has 7 fully saturated rings. The Hall–Kier alpha value is -8.19. The molecule has 7 aliphatic rings. The molecule has 27 nitrogen and oxygen atoms in total. The summed E-state index contributed by atoms with van der Waals surface area (Å²) in [5.41, 5.74) is 19.4. The predicted octanol–water partition coefficient (Wildman–Crippen LogP) is 15.3. The van der Waals surface area contributed by atoms with Crippen LogP contribution in [-0.2, 0) is 61.1 Å². The number of benzene rings is 5. The topological polar surface area (TPSA) is 302 Å². The van der Waals surface area contributed by atoms with Crippen molar-refractivity contribution in [2.45, 2.75) is 260 Å². The standard InChI is InChI=1S/C22H35N3O2.C20H33N3O2.C20H32N2O3.C16H26N2O3S.C15H24N2O.C11H22N2O2/c1-17-13-19(23-21(26)27-22(2,3)4)16-24(14-17)15-18-7-9-20(10-8-18)25-11-5-6-12-25;1-15-11-17(21-19(24)25-20(2,3)4)14-23(12-15)13-16-7-9-18(10-8-16)22(5)6;1-15-11-17(21-19(23)25-20(2,3)4)14-22(13-15)10-9-16-7-6-8-18(12-16)24-5;1-21-16-5-3-4-13(9-16)6-7-18-10-14(8-15(17)11-18)12-22(2,19)20;1-12-8-14(16)11-17(10-12)7-6-13-4-3-5-15(9-13)18-2;1-8-5-9(7-12-6-8)13-10(14)15-11(2,3)4/h7-10,17,19H,5-6,11-16H2,1-4H3,(H,23,26);7-10,15,17H,11-14H2,1-6H3,(H,21,24);6-8,12,15,17H,9-11,13-14H2,1-5H3,(H,21,23);3-5,9,14-15H,6-8,10-12,17H2,1-2H3;3-5,9,12,14H,6-8,10-11,16H2,1-2H3;8-9,12H,5-7H2,1-4H3,(H,13,14)/t17-,19+;2*15-,17+;14-,15+;12-,14+;8-,9+/m000100/s1. The Kier molecular flexibility index (Phi) is 45.3. The molecule has 7 heterocycles. The minimum atomic E-state index is -2.95. The molecule has 7 saturated heterocycles. The van der Waals surface area contributed by atoms with Crippen molar-refractivity contribution in [2.75, 3.05) is 168 Å². The smallest absolute Gasteiger partial charge is 0.407 e. The number of hydrogen-bond donors (Lipinski definition) is 7. The molecule has 742 valence electrons. The van der Waals surface area contributed by atoms with Gasteiger partial charge >= 0.3 is 24.4 Å². The van der Waals surface area contributed by atoms with Crippen molar-refractivity contribution in [3.8, 4) is 17.2 Å². The third kappa shape index (κ3) is 45.9. The van der Waals surface area contributed by atoms with Crippen molar-refractivity contribution in [1.82, 2.24) is 51.1 Å². The molecular formula is C104H172N14O13S. The number of anilines is 2. The number of methoxy groups -OCH3 is 3. The third-order valence-electron chi connectivity index (χ3n) is 23.8. The Morgan fingerprint density at radius 3 is 1.10 bits per heavy atom. The number of hydrogen-bond acceptors (Lipinski definition) is 23. The van der Waals surface area contributed by atoms with E-state index in [-0.39, 0.29) is 66.3 Å². The third-order valence-corrected chi connectivity index (χ3v) is 24.9. The first-order valence-corrected chi connectivity index (χ1v) is 50.6. The predicted molar refractivity (Wildman–Crippen MR) is 537 cm³/mol. The highest BCUT2D eigenvalue weighted by molar-refractivity contribution is 7.90. The average molecular weight is 1860 g/mol. The van der Waals surface area contributed by atoms with Crippen molar-refractivity contribution < 1.29 is 60.8 Å². The van der Waals surface area contributed by atoms with Gasteiger partial charge in [0.2, 0.25) is 0 Å². The summed E-state index contributed by atoms with van der Waals surface area (Å²) in [7, 11) is 6.23. The van der Waals surface area contributed by atoms with Crippen LogP contribution in [-0.4, -0.2) is 275 Å². The fourth-order valence-corrected chi connectivity index (χ4v) is 19.7. The van der Waals surface area contributed by atoms with Crippen molar-refractivity contribution in [3.05, 3.63) is 149 Å². The van der Waals surface area contributed by atoms with E-state index in [4.69, 9.17) is 44.6 Å². The fraction of sp³-hybridized carbons (Fsp3) is 0.673. The van der Waals surface area contributed by atoms with Crippen LogP contribution in [0.1, 0.15) is 197 Å². The van der Waals surface area contributed by atoms with E-state index in [1.165, 1.54) is 77.9 Å². The van der Waals surface area contributed by atoms with Crippen LogP contribution < -0.4 is 62.1 Å². The lowest BCUT2D eigenvalue weighted by Crippen LogP contribution is -2.51. The van der Waals surface area contributed by atoms with E-state index in [2.05, 4.69) is 180 Å².